The van der Waals surface area contributed by atoms with Crippen molar-refractivity contribution in [3.05, 3.63) is 59.7 Å². The highest BCUT2D eigenvalue weighted by atomic mass is 35.5. The third kappa shape index (κ3) is 3.54. The molecule has 0 spiro atoms. The lowest BCUT2D eigenvalue weighted by molar-refractivity contribution is 1.62. The predicted molar refractivity (Wildman–Crippen MR) is 77.9 cm³/mol. The zero-order chi connectivity index (χ0) is 11.4. The van der Waals surface area contributed by atoms with Crippen LogP contribution in [0.2, 0.25) is 0 Å². The van der Waals surface area contributed by atoms with Crippen molar-refractivity contribution in [2.75, 3.05) is 11.5 Å². The minimum absolute atomic E-state index is 0. The van der Waals surface area contributed by atoms with Crippen LogP contribution < -0.4 is 11.5 Å². The number of hydrogen-bond acceptors (Lipinski definition) is 2. The number of nitrogens with two attached hydrogens (primary N) is 2. The summed E-state index contributed by atoms with van der Waals surface area (Å²) in [6.07, 6.45) is 3.99. The van der Waals surface area contributed by atoms with E-state index >= 15 is 0 Å². The molecule has 2 rings (SSSR count). The molecule has 17 heavy (non-hydrogen) atoms. The van der Waals surface area contributed by atoms with Crippen LogP contribution in [0, 0.1) is 0 Å². The Labute approximate surface area is 107 Å². The number of benzene rings is 2. The SMILES string of the molecule is Cl.Nc1ccc(N)c(/C=C/c2ccccc2)c1. The minimum Gasteiger partial charge on any atom is -0.399 e. The maximum Gasteiger partial charge on any atom is 0.0389 e. The fourth-order valence-electron chi connectivity index (χ4n) is 1.49. The molecular formula is C14H15ClN2. The third-order valence-corrected chi connectivity index (χ3v) is 2.37. The molecule has 0 amide bonds. The zero-order valence-corrected chi connectivity index (χ0v) is 10.2. The number of hydrogen-bond donors (Lipinski definition) is 2. The van der Waals surface area contributed by atoms with E-state index in [2.05, 4.69) is 0 Å². The van der Waals surface area contributed by atoms with Gasteiger partial charge in [0.25, 0.3) is 0 Å². The highest BCUT2D eigenvalue weighted by molar-refractivity contribution is 5.85. The van der Waals surface area contributed by atoms with Crippen LogP contribution in [0.3, 0.4) is 0 Å². The molecule has 2 aromatic rings. The molecule has 2 aromatic carbocycles. The smallest absolute Gasteiger partial charge is 0.0389 e. The average molecular weight is 247 g/mol. The fraction of sp³-hybridized carbons (Fsp3) is 0. The van der Waals surface area contributed by atoms with Gasteiger partial charge in [-0.2, -0.15) is 0 Å². The topological polar surface area (TPSA) is 52.0 Å². The normalized spacial score (nSPS) is 10.1. The summed E-state index contributed by atoms with van der Waals surface area (Å²) in [7, 11) is 0. The van der Waals surface area contributed by atoms with E-state index in [4.69, 9.17) is 11.5 Å². The van der Waals surface area contributed by atoms with E-state index in [0.717, 1.165) is 22.5 Å². The number of halogens is 1. The summed E-state index contributed by atoms with van der Waals surface area (Å²) in [5.41, 5.74) is 15.1. The summed E-state index contributed by atoms with van der Waals surface area (Å²) in [5.74, 6) is 0. The van der Waals surface area contributed by atoms with Gasteiger partial charge in [-0.1, -0.05) is 42.5 Å². The van der Waals surface area contributed by atoms with E-state index in [1.165, 1.54) is 0 Å². The highest BCUT2D eigenvalue weighted by Gasteiger charge is 1.95. The van der Waals surface area contributed by atoms with Crippen molar-refractivity contribution in [2.45, 2.75) is 0 Å². The molecule has 0 aliphatic heterocycles. The Hall–Kier alpha value is -1.93. The molecule has 0 bridgehead atoms. The first-order valence-corrected chi connectivity index (χ1v) is 5.14. The van der Waals surface area contributed by atoms with Gasteiger partial charge in [0.2, 0.25) is 0 Å². The second-order valence-corrected chi connectivity index (χ2v) is 3.63. The van der Waals surface area contributed by atoms with E-state index in [1.807, 2.05) is 54.6 Å². The van der Waals surface area contributed by atoms with E-state index < -0.39 is 0 Å². The molecule has 0 aliphatic rings. The van der Waals surface area contributed by atoms with Crippen molar-refractivity contribution in [3.8, 4) is 0 Å². The zero-order valence-electron chi connectivity index (χ0n) is 9.34. The Kier molecular flexibility index (Phi) is 4.61. The lowest BCUT2D eigenvalue weighted by atomic mass is 10.1. The Morgan fingerprint density at radius 2 is 1.53 bits per heavy atom. The van der Waals surface area contributed by atoms with Gasteiger partial charge in [-0.3, -0.25) is 0 Å². The van der Waals surface area contributed by atoms with E-state index in [1.54, 1.807) is 6.07 Å². The number of nitrogen functional groups attached to an aromatic ring is 2. The molecule has 0 saturated carbocycles. The first-order chi connectivity index (χ1) is 7.75. The molecule has 0 aliphatic carbocycles. The molecule has 2 nitrogen and oxygen atoms in total. The lowest BCUT2D eigenvalue weighted by Crippen LogP contribution is -1.91. The molecule has 0 atom stereocenters. The van der Waals surface area contributed by atoms with Crippen LogP contribution in [0.25, 0.3) is 12.2 Å². The average Bonchev–Trinajstić information content (AvgIpc) is 2.32. The maximum atomic E-state index is 5.85. The van der Waals surface area contributed by atoms with E-state index in [0.29, 0.717) is 0 Å². The van der Waals surface area contributed by atoms with Gasteiger partial charge in [0, 0.05) is 11.4 Å². The Bertz CT molecular complexity index is 507. The van der Waals surface area contributed by atoms with Crippen LogP contribution in [-0.4, -0.2) is 0 Å². The summed E-state index contributed by atoms with van der Waals surface area (Å²) in [4.78, 5) is 0. The second-order valence-electron chi connectivity index (χ2n) is 3.63. The highest BCUT2D eigenvalue weighted by Crippen LogP contribution is 2.18. The number of anilines is 2. The van der Waals surface area contributed by atoms with E-state index in [9.17, 15) is 0 Å². The van der Waals surface area contributed by atoms with Gasteiger partial charge in [-0.15, -0.1) is 12.4 Å². The van der Waals surface area contributed by atoms with Gasteiger partial charge in [0.05, 0.1) is 0 Å². The molecule has 4 N–H and O–H groups in total. The van der Waals surface area contributed by atoms with Crippen LogP contribution >= 0.6 is 12.4 Å². The molecule has 0 fully saturated rings. The molecular weight excluding hydrogens is 232 g/mol. The summed E-state index contributed by atoms with van der Waals surface area (Å²) in [6.45, 7) is 0. The van der Waals surface area contributed by atoms with Crippen LogP contribution in [0.5, 0.6) is 0 Å². The van der Waals surface area contributed by atoms with Crippen molar-refractivity contribution in [1.82, 2.24) is 0 Å². The van der Waals surface area contributed by atoms with Crippen LogP contribution in [0.1, 0.15) is 11.1 Å². The summed E-state index contributed by atoms with van der Waals surface area (Å²) >= 11 is 0. The van der Waals surface area contributed by atoms with Crippen molar-refractivity contribution in [1.29, 1.82) is 0 Å². The third-order valence-electron chi connectivity index (χ3n) is 2.37. The van der Waals surface area contributed by atoms with Gasteiger partial charge in [0.1, 0.15) is 0 Å². The molecule has 0 radical (unpaired) electrons. The molecule has 0 unspecified atom stereocenters. The molecule has 3 heteroatoms. The maximum absolute atomic E-state index is 5.85. The van der Waals surface area contributed by atoms with E-state index in [-0.39, 0.29) is 12.4 Å². The van der Waals surface area contributed by atoms with Crippen molar-refractivity contribution >= 4 is 35.9 Å². The monoisotopic (exact) mass is 246 g/mol. The summed E-state index contributed by atoms with van der Waals surface area (Å²) < 4.78 is 0. The second kappa shape index (κ2) is 5.97. The number of rotatable bonds is 2. The molecule has 0 heterocycles. The fourth-order valence-corrected chi connectivity index (χ4v) is 1.49. The largest absolute Gasteiger partial charge is 0.399 e. The lowest BCUT2D eigenvalue weighted by Gasteiger charge is -2.01. The van der Waals surface area contributed by atoms with Gasteiger partial charge in [-0.05, 0) is 29.3 Å². The van der Waals surface area contributed by atoms with Gasteiger partial charge < -0.3 is 11.5 Å². The Balaban J connectivity index is 0.00000144. The first kappa shape index (κ1) is 13.1. The molecule has 88 valence electrons. The van der Waals surface area contributed by atoms with Crippen molar-refractivity contribution in [2.24, 2.45) is 0 Å². The van der Waals surface area contributed by atoms with Crippen molar-refractivity contribution in [3.63, 3.8) is 0 Å². The minimum atomic E-state index is 0. The van der Waals surface area contributed by atoms with Crippen LogP contribution in [0.15, 0.2) is 48.5 Å². The van der Waals surface area contributed by atoms with Crippen LogP contribution in [-0.2, 0) is 0 Å². The molecule has 0 saturated heterocycles. The quantitative estimate of drug-likeness (QED) is 0.630. The summed E-state index contributed by atoms with van der Waals surface area (Å²) in [5, 5.41) is 0. The van der Waals surface area contributed by atoms with Gasteiger partial charge >= 0.3 is 0 Å². The standard InChI is InChI=1S/C14H14N2.ClH/c15-13-8-9-14(16)12(10-13)7-6-11-4-2-1-3-5-11;/h1-10H,15-16H2;1H/b7-6+;. The van der Waals surface area contributed by atoms with Crippen molar-refractivity contribution < 1.29 is 0 Å². The predicted octanol–water partition coefficient (Wildman–Crippen LogP) is 3.44. The molecule has 0 aromatic heterocycles. The first-order valence-electron chi connectivity index (χ1n) is 5.14. The van der Waals surface area contributed by atoms with Crippen LogP contribution in [0.4, 0.5) is 11.4 Å². The van der Waals surface area contributed by atoms with Gasteiger partial charge in [-0.25, -0.2) is 0 Å². The van der Waals surface area contributed by atoms with Gasteiger partial charge in [0.15, 0.2) is 0 Å². The Morgan fingerprint density at radius 1 is 0.824 bits per heavy atom. The Morgan fingerprint density at radius 3 is 2.24 bits per heavy atom. The summed E-state index contributed by atoms with van der Waals surface area (Å²) in [6, 6.07) is 15.6.